The SMILES string of the molecule is O=C(COc1ccc(F)cc1)N1CCC(c2nnc(-c3ccco3)o2)CC1. The molecule has 1 aliphatic rings. The summed E-state index contributed by atoms with van der Waals surface area (Å²) in [6.45, 7) is 1.11. The molecule has 0 aliphatic carbocycles. The minimum absolute atomic E-state index is 0.0699. The first-order valence-corrected chi connectivity index (χ1v) is 8.72. The quantitative estimate of drug-likeness (QED) is 0.685. The zero-order valence-electron chi connectivity index (χ0n) is 14.5. The van der Waals surface area contributed by atoms with Crippen LogP contribution in [0.25, 0.3) is 11.7 Å². The number of nitrogens with zero attached hydrogens (tertiary/aromatic N) is 3. The van der Waals surface area contributed by atoms with E-state index in [4.69, 9.17) is 13.6 Å². The highest BCUT2D eigenvalue weighted by Gasteiger charge is 2.28. The summed E-state index contributed by atoms with van der Waals surface area (Å²) in [6.07, 6.45) is 3.03. The van der Waals surface area contributed by atoms with Crippen LogP contribution in [0.1, 0.15) is 24.7 Å². The van der Waals surface area contributed by atoms with Crippen LogP contribution in [-0.4, -0.2) is 40.7 Å². The van der Waals surface area contributed by atoms with E-state index in [1.807, 2.05) is 0 Å². The van der Waals surface area contributed by atoms with Crippen molar-refractivity contribution in [2.24, 2.45) is 0 Å². The van der Waals surface area contributed by atoms with Crippen LogP contribution >= 0.6 is 0 Å². The predicted molar refractivity (Wildman–Crippen MR) is 92.5 cm³/mol. The van der Waals surface area contributed by atoms with E-state index in [0.717, 1.165) is 12.8 Å². The van der Waals surface area contributed by atoms with Gasteiger partial charge in [0.15, 0.2) is 12.4 Å². The second-order valence-corrected chi connectivity index (χ2v) is 6.32. The van der Waals surface area contributed by atoms with Gasteiger partial charge >= 0.3 is 0 Å². The molecule has 140 valence electrons. The van der Waals surface area contributed by atoms with Crippen molar-refractivity contribution in [1.29, 1.82) is 0 Å². The summed E-state index contributed by atoms with van der Waals surface area (Å²) in [5, 5.41) is 8.13. The zero-order valence-corrected chi connectivity index (χ0v) is 14.5. The van der Waals surface area contributed by atoms with Crippen LogP contribution in [0, 0.1) is 5.82 Å². The number of carbonyl (C=O) groups excluding carboxylic acids is 1. The molecule has 0 radical (unpaired) electrons. The number of rotatable bonds is 5. The second kappa shape index (κ2) is 7.61. The topological polar surface area (TPSA) is 81.6 Å². The van der Waals surface area contributed by atoms with Gasteiger partial charge in [0.25, 0.3) is 11.8 Å². The van der Waals surface area contributed by atoms with Crippen LogP contribution in [0.2, 0.25) is 0 Å². The first-order valence-electron chi connectivity index (χ1n) is 8.72. The number of piperidine rings is 1. The molecule has 1 aromatic carbocycles. The summed E-state index contributed by atoms with van der Waals surface area (Å²) < 4.78 is 29.3. The number of hydrogen-bond acceptors (Lipinski definition) is 6. The van der Waals surface area contributed by atoms with Crippen molar-refractivity contribution in [2.75, 3.05) is 19.7 Å². The first-order chi connectivity index (χ1) is 13.2. The Kier molecular flexibility index (Phi) is 4.86. The molecule has 1 saturated heterocycles. The van der Waals surface area contributed by atoms with Gasteiger partial charge in [-0.3, -0.25) is 4.79 Å². The molecular weight excluding hydrogens is 353 g/mol. The number of likely N-dealkylation sites (tertiary alicyclic amines) is 1. The molecule has 0 bridgehead atoms. The molecule has 4 rings (SSSR count). The number of furan rings is 1. The first kappa shape index (κ1) is 17.3. The Morgan fingerprint density at radius 2 is 1.96 bits per heavy atom. The summed E-state index contributed by atoms with van der Waals surface area (Å²) in [7, 11) is 0. The van der Waals surface area contributed by atoms with Crippen molar-refractivity contribution in [3.63, 3.8) is 0 Å². The molecule has 0 atom stereocenters. The van der Waals surface area contributed by atoms with Gasteiger partial charge in [0.05, 0.1) is 6.26 Å². The van der Waals surface area contributed by atoms with Gasteiger partial charge in [-0.15, -0.1) is 10.2 Å². The van der Waals surface area contributed by atoms with E-state index < -0.39 is 0 Å². The van der Waals surface area contributed by atoms with E-state index in [9.17, 15) is 9.18 Å². The standard InChI is InChI=1S/C19H18FN3O4/c20-14-3-5-15(6-4-14)26-12-17(24)23-9-7-13(8-10-23)18-21-22-19(27-18)16-2-1-11-25-16/h1-6,11,13H,7-10,12H2. The fraction of sp³-hybridized carbons (Fsp3) is 0.316. The molecule has 3 aromatic rings. The molecule has 2 aromatic heterocycles. The maximum atomic E-state index is 12.9. The van der Waals surface area contributed by atoms with Crippen molar-refractivity contribution < 1.29 is 22.8 Å². The molecule has 1 aliphatic heterocycles. The number of amides is 1. The van der Waals surface area contributed by atoms with Crippen molar-refractivity contribution in [3.8, 4) is 17.4 Å². The highest BCUT2D eigenvalue weighted by molar-refractivity contribution is 5.77. The lowest BCUT2D eigenvalue weighted by Gasteiger charge is -2.30. The number of hydrogen-bond donors (Lipinski definition) is 0. The van der Waals surface area contributed by atoms with Crippen LogP contribution < -0.4 is 4.74 Å². The van der Waals surface area contributed by atoms with Gasteiger partial charge in [-0.1, -0.05) is 0 Å². The van der Waals surface area contributed by atoms with E-state index >= 15 is 0 Å². The minimum atomic E-state index is -0.341. The summed E-state index contributed by atoms with van der Waals surface area (Å²) in [5.74, 6) is 1.61. The smallest absolute Gasteiger partial charge is 0.283 e. The maximum absolute atomic E-state index is 12.9. The normalized spacial score (nSPS) is 15.1. The lowest BCUT2D eigenvalue weighted by Crippen LogP contribution is -2.40. The average Bonchev–Trinajstić information content (AvgIpc) is 3.39. The van der Waals surface area contributed by atoms with Gasteiger partial charge in [0, 0.05) is 19.0 Å². The Labute approximate surface area is 154 Å². The number of ether oxygens (including phenoxy) is 1. The van der Waals surface area contributed by atoms with Crippen molar-refractivity contribution in [1.82, 2.24) is 15.1 Å². The molecule has 1 fully saturated rings. The van der Waals surface area contributed by atoms with Gasteiger partial charge in [0.1, 0.15) is 11.6 Å². The van der Waals surface area contributed by atoms with Crippen LogP contribution in [-0.2, 0) is 4.79 Å². The molecule has 7 nitrogen and oxygen atoms in total. The Balaban J connectivity index is 1.28. The van der Waals surface area contributed by atoms with Gasteiger partial charge in [0.2, 0.25) is 5.89 Å². The van der Waals surface area contributed by atoms with Crippen LogP contribution in [0.3, 0.4) is 0 Å². The lowest BCUT2D eigenvalue weighted by molar-refractivity contribution is -0.134. The van der Waals surface area contributed by atoms with Crippen molar-refractivity contribution in [2.45, 2.75) is 18.8 Å². The lowest BCUT2D eigenvalue weighted by atomic mass is 9.97. The maximum Gasteiger partial charge on any atom is 0.283 e. The van der Waals surface area contributed by atoms with E-state index in [0.29, 0.717) is 36.4 Å². The molecule has 8 heteroatoms. The third-order valence-electron chi connectivity index (χ3n) is 4.55. The Bertz CT molecular complexity index is 884. The Morgan fingerprint density at radius 3 is 2.67 bits per heavy atom. The van der Waals surface area contributed by atoms with Crippen LogP contribution in [0.15, 0.2) is 51.5 Å². The largest absolute Gasteiger partial charge is 0.484 e. The zero-order chi connectivity index (χ0) is 18.6. The highest BCUT2D eigenvalue weighted by Crippen LogP contribution is 2.29. The monoisotopic (exact) mass is 371 g/mol. The van der Waals surface area contributed by atoms with Gasteiger partial charge < -0.3 is 18.5 Å². The van der Waals surface area contributed by atoms with Gasteiger partial charge in [-0.2, -0.15) is 0 Å². The van der Waals surface area contributed by atoms with Crippen LogP contribution in [0.5, 0.6) is 5.75 Å². The molecule has 0 unspecified atom stereocenters. The Morgan fingerprint density at radius 1 is 1.19 bits per heavy atom. The molecule has 0 saturated carbocycles. The number of aromatic nitrogens is 2. The van der Waals surface area contributed by atoms with Gasteiger partial charge in [-0.25, -0.2) is 4.39 Å². The second-order valence-electron chi connectivity index (χ2n) is 6.32. The minimum Gasteiger partial charge on any atom is -0.484 e. The summed E-state index contributed by atoms with van der Waals surface area (Å²) in [6, 6.07) is 9.12. The number of carbonyl (C=O) groups is 1. The predicted octanol–water partition coefficient (Wildman–Crippen LogP) is 3.25. The number of halogens is 1. The fourth-order valence-corrected chi connectivity index (χ4v) is 3.04. The van der Waals surface area contributed by atoms with Gasteiger partial charge in [-0.05, 0) is 49.2 Å². The molecule has 1 amide bonds. The Hall–Kier alpha value is -3.16. The van der Waals surface area contributed by atoms with E-state index in [-0.39, 0.29) is 24.2 Å². The third-order valence-corrected chi connectivity index (χ3v) is 4.55. The summed E-state index contributed by atoms with van der Waals surface area (Å²) in [5.41, 5.74) is 0. The van der Waals surface area contributed by atoms with Crippen molar-refractivity contribution in [3.05, 3.63) is 54.4 Å². The average molecular weight is 371 g/mol. The summed E-state index contributed by atoms with van der Waals surface area (Å²) >= 11 is 0. The molecule has 0 spiro atoms. The molecular formula is C19H18FN3O4. The van der Waals surface area contributed by atoms with Crippen LogP contribution in [0.4, 0.5) is 4.39 Å². The molecule has 0 N–H and O–H groups in total. The molecule has 27 heavy (non-hydrogen) atoms. The highest BCUT2D eigenvalue weighted by atomic mass is 19.1. The van der Waals surface area contributed by atoms with Crippen molar-refractivity contribution >= 4 is 5.91 Å². The third kappa shape index (κ3) is 3.99. The summed E-state index contributed by atoms with van der Waals surface area (Å²) in [4.78, 5) is 14.1. The molecule has 3 heterocycles. The van der Waals surface area contributed by atoms with E-state index in [1.54, 1.807) is 23.3 Å². The fourth-order valence-electron chi connectivity index (χ4n) is 3.04. The van der Waals surface area contributed by atoms with E-state index in [2.05, 4.69) is 10.2 Å². The number of benzene rings is 1. The van der Waals surface area contributed by atoms with E-state index in [1.165, 1.54) is 24.3 Å².